The van der Waals surface area contributed by atoms with Crippen LogP contribution in [0.4, 0.5) is 4.39 Å². The molecule has 0 saturated heterocycles. The molecule has 0 aromatic heterocycles. The minimum atomic E-state index is -0.535. The molecule has 2 rings (SSSR count). The van der Waals surface area contributed by atoms with Gasteiger partial charge in [-0.15, -0.1) is 0 Å². The minimum absolute atomic E-state index is 0.109. The first-order valence-corrected chi connectivity index (χ1v) is 5.69. The van der Waals surface area contributed by atoms with E-state index in [-0.39, 0.29) is 10.8 Å². The highest BCUT2D eigenvalue weighted by atomic mass is 35.5. The van der Waals surface area contributed by atoms with E-state index in [0.717, 1.165) is 11.6 Å². The van der Waals surface area contributed by atoms with Gasteiger partial charge >= 0.3 is 0 Å². The SMILES string of the molecule is Cc1ccc(-c2cc(Cl)c(O)cc2F)cc1Cl. The molecule has 0 bridgehead atoms. The number of rotatable bonds is 1. The van der Waals surface area contributed by atoms with Gasteiger partial charge in [-0.05, 0) is 30.2 Å². The highest BCUT2D eigenvalue weighted by Crippen LogP contribution is 2.33. The zero-order valence-electron chi connectivity index (χ0n) is 8.97. The molecule has 88 valence electrons. The fourth-order valence-corrected chi connectivity index (χ4v) is 1.86. The van der Waals surface area contributed by atoms with Crippen molar-refractivity contribution in [3.63, 3.8) is 0 Å². The lowest BCUT2D eigenvalue weighted by Gasteiger charge is -2.07. The Balaban J connectivity index is 2.60. The molecule has 0 radical (unpaired) electrons. The third kappa shape index (κ3) is 2.38. The summed E-state index contributed by atoms with van der Waals surface area (Å²) in [5, 5.41) is 9.94. The van der Waals surface area contributed by atoms with Crippen LogP contribution in [0.15, 0.2) is 30.3 Å². The Morgan fingerprint density at radius 3 is 2.41 bits per heavy atom. The van der Waals surface area contributed by atoms with Gasteiger partial charge in [-0.2, -0.15) is 0 Å². The Labute approximate surface area is 108 Å². The van der Waals surface area contributed by atoms with Crippen LogP contribution in [0.25, 0.3) is 11.1 Å². The average molecular weight is 271 g/mol. The van der Waals surface area contributed by atoms with Crippen molar-refractivity contribution in [2.75, 3.05) is 0 Å². The van der Waals surface area contributed by atoms with Crippen molar-refractivity contribution >= 4 is 23.2 Å². The van der Waals surface area contributed by atoms with Gasteiger partial charge in [-0.25, -0.2) is 4.39 Å². The highest BCUT2D eigenvalue weighted by molar-refractivity contribution is 6.32. The van der Waals surface area contributed by atoms with Gasteiger partial charge in [0.15, 0.2) is 0 Å². The third-order valence-electron chi connectivity index (χ3n) is 2.52. The predicted molar refractivity (Wildman–Crippen MR) is 68.3 cm³/mol. The molecule has 0 fully saturated rings. The molecule has 0 atom stereocenters. The number of aromatic hydroxyl groups is 1. The summed E-state index contributed by atoms with van der Waals surface area (Å²) in [6.45, 7) is 1.87. The number of aryl methyl sites for hydroxylation is 1. The van der Waals surface area contributed by atoms with Crippen molar-refractivity contribution in [2.45, 2.75) is 6.92 Å². The standard InChI is InChI=1S/C13H9Cl2FO/c1-7-2-3-8(4-10(7)14)9-5-11(15)13(17)6-12(9)16/h2-6,17H,1H3. The normalized spacial score (nSPS) is 10.6. The van der Waals surface area contributed by atoms with Crippen LogP contribution in [0.2, 0.25) is 10.0 Å². The largest absolute Gasteiger partial charge is 0.506 e. The fourth-order valence-electron chi connectivity index (χ4n) is 1.52. The maximum atomic E-state index is 13.7. The molecule has 0 unspecified atom stereocenters. The summed E-state index contributed by atoms with van der Waals surface area (Å²) in [7, 11) is 0. The lowest BCUT2D eigenvalue weighted by atomic mass is 10.0. The summed E-state index contributed by atoms with van der Waals surface area (Å²) in [4.78, 5) is 0. The van der Waals surface area contributed by atoms with E-state index in [1.807, 2.05) is 6.92 Å². The quantitative estimate of drug-likeness (QED) is 0.788. The van der Waals surface area contributed by atoms with E-state index >= 15 is 0 Å². The van der Waals surface area contributed by atoms with E-state index in [2.05, 4.69) is 0 Å². The third-order valence-corrected chi connectivity index (χ3v) is 3.23. The van der Waals surface area contributed by atoms with Crippen molar-refractivity contribution in [3.05, 3.63) is 51.8 Å². The van der Waals surface area contributed by atoms with Crippen LogP contribution in [0.1, 0.15) is 5.56 Å². The van der Waals surface area contributed by atoms with Crippen LogP contribution in [0.5, 0.6) is 5.75 Å². The molecule has 0 heterocycles. The number of hydrogen-bond acceptors (Lipinski definition) is 1. The van der Waals surface area contributed by atoms with Gasteiger partial charge < -0.3 is 5.11 Å². The first-order valence-electron chi connectivity index (χ1n) is 4.93. The summed E-state index contributed by atoms with van der Waals surface area (Å²) in [6, 6.07) is 7.60. The summed E-state index contributed by atoms with van der Waals surface area (Å²) in [6.07, 6.45) is 0. The van der Waals surface area contributed by atoms with Gasteiger partial charge in [-0.3, -0.25) is 0 Å². The van der Waals surface area contributed by atoms with E-state index in [1.54, 1.807) is 18.2 Å². The topological polar surface area (TPSA) is 20.2 Å². The lowest BCUT2D eigenvalue weighted by molar-refractivity contribution is 0.469. The molecular weight excluding hydrogens is 262 g/mol. The summed E-state index contributed by atoms with van der Waals surface area (Å²) in [5.41, 5.74) is 1.86. The Hall–Kier alpha value is -1.25. The second kappa shape index (κ2) is 4.55. The molecule has 2 aromatic rings. The number of phenols is 1. The molecule has 0 aliphatic heterocycles. The van der Waals surface area contributed by atoms with Crippen molar-refractivity contribution < 1.29 is 9.50 Å². The van der Waals surface area contributed by atoms with E-state index in [0.29, 0.717) is 16.1 Å². The highest BCUT2D eigenvalue weighted by Gasteiger charge is 2.10. The second-order valence-corrected chi connectivity index (χ2v) is 4.56. The average Bonchev–Trinajstić information content (AvgIpc) is 2.27. The monoisotopic (exact) mass is 270 g/mol. The molecule has 2 aromatic carbocycles. The van der Waals surface area contributed by atoms with Crippen LogP contribution >= 0.6 is 23.2 Å². The van der Waals surface area contributed by atoms with Gasteiger partial charge in [0.1, 0.15) is 11.6 Å². The van der Waals surface area contributed by atoms with Crippen LogP contribution in [-0.2, 0) is 0 Å². The molecule has 0 aliphatic rings. The molecule has 1 N–H and O–H groups in total. The number of benzene rings is 2. The van der Waals surface area contributed by atoms with E-state index < -0.39 is 5.82 Å². The number of phenolic OH excluding ortho intramolecular Hbond substituents is 1. The molecule has 4 heteroatoms. The van der Waals surface area contributed by atoms with Crippen LogP contribution in [0.3, 0.4) is 0 Å². The number of hydrogen-bond donors (Lipinski definition) is 1. The molecule has 0 aliphatic carbocycles. The van der Waals surface area contributed by atoms with Crippen molar-refractivity contribution in [1.82, 2.24) is 0 Å². The van der Waals surface area contributed by atoms with Crippen LogP contribution < -0.4 is 0 Å². The molecule has 0 spiro atoms. The zero-order valence-corrected chi connectivity index (χ0v) is 10.5. The smallest absolute Gasteiger partial charge is 0.137 e. The van der Waals surface area contributed by atoms with Gasteiger partial charge in [-0.1, -0.05) is 35.3 Å². The summed E-state index contributed by atoms with van der Waals surface area (Å²) in [5.74, 6) is -0.807. The Bertz CT molecular complexity index is 582. The summed E-state index contributed by atoms with van der Waals surface area (Å²) >= 11 is 11.7. The fraction of sp³-hybridized carbons (Fsp3) is 0.0769. The molecular formula is C13H9Cl2FO. The Kier molecular flexibility index (Phi) is 3.27. The maximum Gasteiger partial charge on any atom is 0.137 e. The molecule has 17 heavy (non-hydrogen) atoms. The van der Waals surface area contributed by atoms with Gasteiger partial charge in [0.2, 0.25) is 0 Å². The van der Waals surface area contributed by atoms with Crippen LogP contribution in [0, 0.1) is 12.7 Å². The minimum Gasteiger partial charge on any atom is -0.506 e. The number of halogens is 3. The van der Waals surface area contributed by atoms with E-state index in [1.165, 1.54) is 6.07 Å². The molecule has 1 nitrogen and oxygen atoms in total. The molecule has 0 saturated carbocycles. The maximum absolute atomic E-state index is 13.7. The van der Waals surface area contributed by atoms with Gasteiger partial charge in [0, 0.05) is 16.7 Å². The van der Waals surface area contributed by atoms with Crippen molar-refractivity contribution in [3.8, 4) is 16.9 Å². The van der Waals surface area contributed by atoms with Gasteiger partial charge in [0.25, 0.3) is 0 Å². The predicted octanol–water partition coefficient (Wildman–Crippen LogP) is 4.81. The first kappa shape index (κ1) is 12.2. The van der Waals surface area contributed by atoms with Crippen molar-refractivity contribution in [1.29, 1.82) is 0 Å². The van der Waals surface area contributed by atoms with E-state index in [9.17, 15) is 9.50 Å². The van der Waals surface area contributed by atoms with Crippen LogP contribution in [-0.4, -0.2) is 5.11 Å². The zero-order chi connectivity index (χ0) is 12.6. The van der Waals surface area contributed by atoms with Gasteiger partial charge in [0.05, 0.1) is 5.02 Å². The Morgan fingerprint density at radius 1 is 1.06 bits per heavy atom. The lowest BCUT2D eigenvalue weighted by Crippen LogP contribution is -1.86. The molecule has 0 amide bonds. The Morgan fingerprint density at radius 2 is 1.76 bits per heavy atom. The van der Waals surface area contributed by atoms with E-state index in [4.69, 9.17) is 23.2 Å². The van der Waals surface area contributed by atoms with Crippen molar-refractivity contribution in [2.24, 2.45) is 0 Å². The first-order chi connectivity index (χ1) is 7.99. The second-order valence-electron chi connectivity index (χ2n) is 3.75. The summed E-state index contributed by atoms with van der Waals surface area (Å²) < 4.78 is 13.7.